The highest BCUT2D eigenvalue weighted by molar-refractivity contribution is 4.61. The lowest BCUT2D eigenvalue weighted by atomic mass is 10.2. The first kappa shape index (κ1) is 23.8. The fourth-order valence-electron chi connectivity index (χ4n) is 2.02. The Morgan fingerprint density at radius 1 is 0.750 bits per heavy atom. The predicted molar refractivity (Wildman–Crippen MR) is 99.5 cm³/mol. The Bertz CT molecular complexity index is 266. The Hall–Kier alpha value is -0.200. The van der Waals surface area contributed by atoms with Crippen molar-refractivity contribution in [2.24, 2.45) is 5.73 Å². The van der Waals surface area contributed by atoms with Crippen LogP contribution in [0.2, 0.25) is 0 Å². The summed E-state index contributed by atoms with van der Waals surface area (Å²) in [5.74, 6) is 0. The second-order valence-corrected chi connectivity index (χ2v) is 6.47. The Morgan fingerprint density at radius 3 is 2.00 bits per heavy atom. The van der Waals surface area contributed by atoms with Crippen molar-refractivity contribution >= 4 is 0 Å². The molecule has 0 bridgehead atoms. The van der Waals surface area contributed by atoms with Gasteiger partial charge in [-0.2, -0.15) is 0 Å². The standard InChI is InChI=1S/C19H41NO4/c1-6-10-11-22-18(8-3)14-21-12-16(5)23-15-19(9-4)24-13-17(20)7-2/h16-19H,6-15,20H2,1-5H3. The maximum absolute atomic E-state index is 5.88. The summed E-state index contributed by atoms with van der Waals surface area (Å²) in [6.07, 6.45) is 5.44. The number of unbranched alkanes of at least 4 members (excludes halogenated alkanes) is 1. The van der Waals surface area contributed by atoms with E-state index in [1.807, 2.05) is 6.92 Å². The summed E-state index contributed by atoms with van der Waals surface area (Å²) < 4.78 is 23.2. The highest BCUT2D eigenvalue weighted by Gasteiger charge is 2.13. The zero-order valence-electron chi connectivity index (χ0n) is 16.6. The van der Waals surface area contributed by atoms with E-state index >= 15 is 0 Å². The maximum Gasteiger partial charge on any atom is 0.0806 e. The van der Waals surface area contributed by atoms with Crippen LogP contribution in [0, 0.1) is 0 Å². The average molecular weight is 348 g/mol. The molecule has 0 aromatic rings. The van der Waals surface area contributed by atoms with Crippen molar-refractivity contribution in [2.45, 2.75) is 91.1 Å². The Morgan fingerprint density at radius 2 is 1.42 bits per heavy atom. The normalized spacial score (nSPS) is 16.8. The van der Waals surface area contributed by atoms with E-state index in [-0.39, 0.29) is 24.4 Å². The van der Waals surface area contributed by atoms with Crippen LogP contribution in [-0.4, -0.2) is 57.4 Å². The summed E-state index contributed by atoms with van der Waals surface area (Å²) in [4.78, 5) is 0. The van der Waals surface area contributed by atoms with Gasteiger partial charge >= 0.3 is 0 Å². The third kappa shape index (κ3) is 13.1. The van der Waals surface area contributed by atoms with Crippen LogP contribution in [0.3, 0.4) is 0 Å². The molecular weight excluding hydrogens is 306 g/mol. The van der Waals surface area contributed by atoms with E-state index in [1.54, 1.807) is 0 Å². The Balaban J connectivity index is 3.80. The van der Waals surface area contributed by atoms with Crippen molar-refractivity contribution in [1.29, 1.82) is 0 Å². The maximum atomic E-state index is 5.88. The van der Waals surface area contributed by atoms with E-state index in [4.69, 9.17) is 24.7 Å². The lowest BCUT2D eigenvalue weighted by Gasteiger charge is -2.22. The van der Waals surface area contributed by atoms with Crippen LogP contribution in [0.4, 0.5) is 0 Å². The molecule has 24 heavy (non-hydrogen) atoms. The molecule has 0 aliphatic carbocycles. The minimum absolute atomic E-state index is 0.0515. The quantitative estimate of drug-likeness (QED) is 0.408. The third-order valence-electron chi connectivity index (χ3n) is 4.06. The summed E-state index contributed by atoms with van der Waals surface area (Å²) in [6, 6.07) is 0.110. The molecule has 0 saturated carbocycles. The molecule has 0 amide bonds. The van der Waals surface area contributed by atoms with Crippen molar-refractivity contribution in [3.63, 3.8) is 0 Å². The van der Waals surface area contributed by atoms with Crippen LogP contribution < -0.4 is 5.73 Å². The molecule has 5 nitrogen and oxygen atoms in total. The van der Waals surface area contributed by atoms with Gasteiger partial charge in [0.25, 0.3) is 0 Å². The second kappa shape index (κ2) is 16.3. The van der Waals surface area contributed by atoms with Crippen molar-refractivity contribution in [3.8, 4) is 0 Å². The number of hydrogen-bond donors (Lipinski definition) is 1. The molecule has 0 fully saturated rings. The van der Waals surface area contributed by atoms with Crippen molar-refractivity contribution in [2.75, 3.05) is 33.0 Å². The monoisotopic (exact) mass is 347 g/mol. The van der Waals surface area contributed by atoms with Gasteiger partial charge in [0.15, 0.2) is 0 Å². The zero-order valence-corrected chi connectivity index (χ0v) is 16.6. The second-order valence-electron chi connectivity index (χ2n) is 6.47. The molecule has 2 N–H and O–H groups in total. The molecule has 4 atom stereocenters. The topological polar surface area (TPSA) is 62.9 Å². The van der Waals surface area contributed by atoms with E-state index in [1.165, 1.54) is 0 Å². The van der Waals surface area contributed by atoms with Crippen LogP contribution in [0.15, 0.2) is 0 Å². The van der Waals surface area contributed by atoms with Crippen LogP contribution in [-0.2, 0) is 18.9 Å². The molecule has 0 saturated heterocycles. The smallest absolute Gasteiger partial charge is 0.0806 e. The molecule has 0 aromatic carbocycles. The van der Waals surface area contributed by atoms with Gasteiger partial charge in [-0.15, -0.1) is 0 Å². The number of ether oxygens (including phenoxy) is 4. The van der Waals surface area contributed by atoms with E-state index in [0.29, 0.717) is 26.4 Å². The zero-order chi connectivity index (χ0) is 18.2. The van der Waals surface area contributed by atoms with Crippen LogP contribution in [0.5, 0.6) is 0 Å². The van der Waals surface area contributed by atoms with Gasteiger partial charge in [0, 0.05) is 12.6 Å². The molecule has 0 aliphatic heterocycles. The highest BCUT2D eigenvalue weighted by Crippen LogP contribution is 2.05. The molecule has 0 spiro atoms. The van der Waals surface area contributed by atoms with Crippen LogP contribution in [0.25, 0.3) is 0 Å². The number of hydrogen-bond acceptors (Lipinski definition) is 5. The lowest BCUT2D eigenvalue weighted by molar-refractivity contribution is -0.0803. The van der Waals surface area contributed by atoms with Crippen molar-refractivity contribution < 1.29 is 18.9 Å². The largest absolute Gasteiger partial charge is 0.376 e. The molecule has 146 valence electrons. The van der Waals surface area contributed by atoms with Gasteiger partial charge in [0.1, 0.15) is 0 Å². The molecule has 0 rings (SSSR count). The van der Waals surface area contributed by atoms with Crippen LogP contribution >= 0.6 is 0 Å². The van der Waals surface area contributed by atoms with Gasteiger partial charge in [0.2, 0.25) is 0 Å². The van der Waals surface area contributed by atoms with E-state index < -0.39 is 0 Å². The third-order valence-corrected chi connectivity index (χ3v) is 4.06. The Labute approximate surface area is 149 Å². The van der Waals surface area contributed by atoms with Gasteiger partial charge in [-0.05, 0) is 32.6 Å². The highest BCUT2D eigenvalue weighted by atomic mass is 16.6. The summed E-state index contributed by atoms with van der Waals surface area (Å²) in [5.41, 5.74) is 5.88. The van der Waals surface area contributed by atoms with Crippen molar-refractivity contribution in [1.82, 2.24) is 0 Å². The number of rotatable bonds is 17. The fraction of sp³-hybridized carbons (Fsp3) is 1.00. The molecule has 0 aliphatic rings. The van der Waals surface area contributed by atoms with Crippen LogP contribution in [0.1, 0.15) is 66.7 Å². The van der Waals surface area contributed by atoms with Crippen molar-refractivity contribution in [3.05, 3.63) is 0 Å². The first-order valence-corrected chi connectivity index (χ1v) is 9.75. The minimum atomic E-state index is 0.0515. The summed E-state index contributed by atoms with van der Waals surface area (Å²) in [7, 11) is 0. The molecule has 0 radical (unpaired) electrons. The van der Waals surface area contributed by atoms with E-state index in [9.17, 15) is 0 Å². The summed E-state index contributed by atoms with van der Waals surface area (Å²) in [6.45, 7) is 13.7. The lowest BCUT2D eigenvalue weighted by Crippen LogP contribution is -2.31. The first-order valence-electron chi connectivity index (χ1n) is 9.75. The molecule has 0 aromatic heterocycles. The molecule has 0 heterocycles. The predicted octanol–water partition coefficient (Wildman–Crippen LogP) is 3.54. The first-order chi connectivity index (χ1) is 11.6. The summed E-state index contributed by atoms with van der Waals surface area (Å²) in [5, 5.41) is 0. The molecule has 5 heteroatoms. The van der Waals surface area contributed by atoms with Gasteiger partial charge in [-0.1, -0.05) is 34.1 Å². The SMILES string of the molecule is CCCCOC(CC)COCC(C)OCC(CC)OCC(N)CC. The minimum Gasteiger partial charge on any atom is -0.376 e. The van der Waals surface area contributed by atoms with Gasteiger partial charge in [-0.25, -0.2) is 0 Å². The van der Waals surface area contributed by atoms with Gasteiger partial charge < -0.3 is 24.7 Å². The molecule has 4 unspecified atom stereocenters. The molecular formula is C19H41NO4. The van der Waals surface area contributed by atoms with E-state index in [2.05, 4.69) is 27.7 Å². The number of nitrogens with two attached hydrogens (primary N) is 1. The fourth-order valence-corrected chi connectivity index (χ4v) is 2.02. The Kier molecular flexibility index (Phi) is 16.1. The van der Waals surface area contributed by atoms with E-state index in [0.717, 1.165) is 38.7 Å². The average Bonchev–Trinajstić information content (AvgIpc) is 2.60. The summed E-state index contributed by atoms with van der Waals surface area (Å²) >= 11 is 0. The van der Waals surface area contributed by atoms with Gasteiger partial charge in [0.05, 0.1) is 44.7 Å². The van der Waals surface area contributed by atoms with Gasteiger partial charge in [-0.3, -0.25) is 0 Å².